The van der Waals surface area contributed by atoms with Crippen LogP contribution in [0, 0.1) is 24.7 Å². The number of carbonyl (C=O) groups is 2. The van der Waals surface area contributed by atoms with E-state index in [1.807, 2.05) is 67.5 Å². The summed E-state index contributed by atoms with van der Waals surface area (Å²) in [4.78, 5) is 24.4. The first-order valence-corrected chi connectivity index (χ1v) is 11.6. The quantitative estimate of drug-likeness (QED) is 0.452. The number of Topliss-reactive ketones (excluding diaryl/α,β-unsaturated/α-hetero) is 2. The molecule has 0 aliphatic rings. The number of benzene rings is 2. The molecule has 0 heterocycles. The number of ether oxygens (including phenoxy) is 2. The molecule has 0 N–H and O–H groups in total. The molecule has 0 unspecified atom stereocenters. The normalized spacial score (nSPS) is 12.4. The van der Waals surface area contributed by atoms with Crippen LogP contribution in [-0.2, 0) is 15.0 Å². The van der Waals surface area contributed by atoms with Crippen molar-refractivity contribution in [1.29, 1.82) is 0 Å². The van der Waals surface area contributed by atoms with Crippen molar-refractivity contribution >= 4 is 11.6 Å². The lowest BCUT2D eigenvalue weighted by Gasteiger charge is -2.28. The molecule has 4 heteroatoms. The number of aryl methyl sites for hydroxylation is 2. The highest BCUT2D eigenvalue weighted by Gasteiger charge is 2.26. The van der Waals surface area contributed by atoms with E-state index < -0.39 is 10.8 Å². The second-order valence-electron chi connectivity index (χ2n) is 11.5. The molecule has 0 atom stereocenters. The zero-order chi connectivity index (χ0) is 25.2. The Labute approximate surface area is 199 Å². The Balaban J connectivity index is 2.18. The molecule has 0 aliphatic carbocycles. The second kappa shape index (κ2) is 9.70. The van der Waals surface area contributed by atoms with Gasteiger partial charge in [-0.2, -0.15) is 0 Å². The fraction of sp³-hybridized carbons (Fsp3) is 0.517. The molecule has 2 aromatic rings. The van der Waals surface area contributed by atoms with E-state index in [0.29, 0.717) is 0 Å². The van der Waals surface area contributed by atoms with Crippen LogP contribution >= 0.6 is 0 Å². The highest BCUT2D eigenvalue weighted by molar-refractivity contribution is 5.85. The largest absolute Gasteiger partial charge is 0.486 e. The maximum atomic E-state index is 12.2. The maximum Gasteiger partial charge on any atom is 0.175 e. The third kappa shape index (κ3) is 6.69. The van der Waals surface area contributed by atoms with Gasteiger partial charge in [-0.1, -0.05) is 79.7 Å². The van der Waals surface area contributed by atoms with Crippen molar-refractivity contribution in [1.82, 2.24) is 0 Å². The number of ketones is 2. The van der Waals surface area contributed by atoms with Crippen molar-refractivity contribution in [3.8, 4) is 11.5 Å². The summed E-state index contributed by atoms with van der Waals surface area (Å²) in [6.07, 6.45) is 0. The molecule has 0 aliphatic heterocycles. The average Bonchev–Trinajstić information content (AvgIpc) is 2.69. The smallest absolute Gasteiger partial charge is 0.175 e. The Morgan fingerprint density at radius 3 is 1.24 bits per heavy atom. The molecule has 0 bridgehead atoms. The third-order valence-corrected chi connectivity index (χ3v) is 6.18. The van der Waals surface area contributed by atoms with Crippen molar-refractivity contribution in [3.63, 3.8) is 0 Å². The lowest BCUT2D eigenvalue weighted by molar-refractivity contribution is -0.129. The van der Waals surface area contributed by atoms with Crippen molar-refractivity contribution < 1.29 is 19.1 Å². The van der Waals surface area contributed by atoms with Crippen LogP contribution < -0.4 is 9.47 Å². The lowest BCUT2D eigenvalue weighted by Crippen LogP contribution is -2.26. The van der Waals surface area contributed by atoms with Gasteiger partial charge in [-0.3, -0.25) is 9.59 Å². The first-order chi connectivity index (χ1) is 15.0. The first kappa shape index (κ1) is 26.6. The summed E-state index contributed by atoms with van der Waals surface area (Å²) < 4.78 is 11.6. The Morgan fingerprint density at radius 2 is 0.970 bits per heavy atom. The molecule has 0 spiro atoms. The lowest BCUT2D eigenvalue weighted by atomic mass is 9.77. The highest BCUT2D eigenvalue weighted by atomic mass is 16.5. The van der Waals surface area contributed by atoms with Crippen LogP contribution in [0.3, 0.4) is 0 Å². The third-order valence-electron chi connectivity index (χ3n) is 6.18. The summed E-state index contributed by atoms with van der Waals surface area (Å²) in [5.41, 5.74) is 3.25. The van der Waals surface area contributed by atoms with Crippen LogP contribution in [0.5, 0.6) is 11.5 Å². The van der Waals surface area contributed by atoms with E-state index in [2.05, 4.69) is 38.1 Å². The molecular formula is C29H40O4. The van der Waals surface area contributed by atoms with Crippen molar-refractivity contribution in [3.05, 3.63) is 58.7 Å². The van der Waals surface area contributed by atoms with Gasteiger partial charge in [-0.05, 0) is 48.2 Å². The van der Waals surface area contributed by atoms with E-state index in [9.17, 15) is 9.59 Å². The Morgan fingerprint density at radius 1 is 0.636 bits per heavy atom. The Bertz CT molecular complexity index is 935. The van der Waals surface area contributed by atoms with E-state index in [1.54, 1.807) is 0 Å². The molecule has 0 radical (unpaired) electrons. The van der Waals surface area contributed by atoms with Gasteiger partial charge < -0.3 is 9.47 Å². The number of rotatable bonds is 8. The van der Waals surface area contributed by atoms with Gasteiger partial charge in [-0.15, -0.1) is 0 Å². The van der Waals surface area contributed by atoms with Crippen LogP contribution in [0.15, 0.2) is 36.4 Å². The van der Waals surface area contributed by atoms with E-state index in [0.717, 1.165) is 33.8 Å². The molecule has 0 aromatic heterocycles. The van der Waals surface area contributed by atoms with Crippen LogP contribution in [0.2, 0.25) is 0 Å². The fourth-order valence-corrected chi connectivity index (χ4v) is 3.29. The summed E-state index contributed by atoms with van der Waals surface area (Å²) in [6.45, 7) is 19.9. The minimum atomic E-state index is -0.413. The first-order valence-electron chi connectivity index (χ1n) is 11.6. The Kier molecular flexibility index (Phi) is 7.83. The standard InChI is InChI=1S/C29H40O4/c1-19-15-21(11-13-23(19)32-17-25(30)27(3,4)5)29(9,10)22-12-14-24(20(2)16-22)33-18-26(31)28(6,7)8/h11-16H,17-18H2,1-10H3. The Hall–Kier alpha value is -2.62. The van der Waals surface area contributed by atoms with Gasteiger partial charge in [0.2, 0.25) is 0 Å². The number of hydrogen-bond donors (Lipinski definition) is 0. The van der Waals surface area contributed by atoms with Crippen LogP contribution in [0.1, 0.15) is 77.6 Å². The van der Waals surface area contributed by atoms with Gasteiger partial charge in [0.15, 0.2) is 11.6 Å². The van der Waals surface area contributed by atoms with Gasteiger partial charge in [0.25, 0.3) is 0 Å². The van der Waals surface area contributed by atoms with Crippen molar-refractivity contribution in [2.45, 2.75) is 74.7 Å². The van der Waals surface area contributed by atoms with Crippen LogP contribution in [0.4, 0.5) is 0 Å². The second-order valence-corrected chi connectivity index (χ2v) is 11.5. The molecular weight excluding hydrogens is 412 g/mol. The predicted molar refractivity (Wildman–Crippen MR) is 134 cm³/mol. The summed E-state index contributed by atoms with van der Waals surface area (Å²) in [7, 11) is 0. The van der Waals surface area contributed by atoms with Crippen molar-refractivity contribution in [2.75, 3.05) is 13.2 Å². The molecule has 0 amide bonds. The number of carbonyl (C=O) groups excluding carboxylic acids is 2. The van der Waals surface area contributed by atoms with E-state index in [1.165, 1.54) is 0 Å². The van der Waals surface area contributed by atoms with Gasteiger partial charge >= 0.3 is 0 Å². The van der Waals surface area contributed by atoms with Gasteiger partial charge in [0.1, 0.15) is 24.7 Å². The SMILES string of the molecule is Cc1cc(C(C)(C)c2ccc(OCC(=O)C(C)(C)C)c(C)c2)ccc1OCC(=O)C(C)(C)C. The van der Waals surface area contributed by atoms with E-state index in [4.69, 9.17) is 9.47 Å². The molecule has 0 saturated heterocycles. The van der Waals surface area contributed by atoms with Crippen LogP contribution in [-0.4, -0.2) is 24.8 Å². The maximum absolute atomic E-state index is 12.2. The molecule has 2 rings (SSSR count). The minimum absolute atomic E-state index is 0.0749. The van der Waals surface area contributed by atoms with E-state index >= 15 is 0 Å². The van der Waals surface area contributed by atoms with E-state index in [-0.39, 0.29) is 30.2 Å². The summed E-state index contributed by atoms with van der Waals surface area (Å²) in [5.74, 6) is 1.62. The molecule has 33 heavy (non-hydrogen) atoms. The zero-order valence-electron chi connectivity index (χ0n) is 22.0. The summed E-state index contributed by atoms with van der Waals surface area (Å²) >= 11 is 0. The highest BCUT2D eigenvalue weighted by Crippen LogP contribution is 2.36. The average molecular weight is 453 g/mol. The summed E-state index contributed by atoms with van der Waals surface area (Å²) in [6, 6.07) is 12.3. The van der Waals surface area contributed by atoms with Gasteiger partial charge in [0.05, 0.1) is 0 Å². The molecule has 0 fully saturated rings. The molecule has 4 nitrogen and oxygen atoms in total. The minimum Gasteiger partial charge on any atom is -0.486 e. The van der Waals surface area contributed by atoms with Crippen molar-refractivity contribution in [2.24, 2.45) is 10.8 Å². The topological polar surface area (TPSA) is 52.6 Å². The molecule has 180 valence electrons. The fourth-order valence-electron chi connectivity index (χ4n) is 3.29. The number of hydrogen-bond acceptors (Lipinski definition) is 4. The molecule has 2 aromatic carbocycles. The van der Waals surface area contributed by atoms with Crippen LogP contribution in [0.25, 0.3) is 0 Å². The monoisotopic (exact) mass is 452 g/mol. The zero-order valence-corrected chi connectivity index (χ0v) is 22.0. The van der Waals surface area contributed by atoms with Gasteiger partial charge in [-0.25, -0.2) is 0 Å². The van der Waals surface area contributed by atoms with Gasteiger partial charge in [0, 0.05) is 16.2 Å². The summed E-state index contributed by atoms with van der Waals surface area (Å²) in [5, 5.41) is 0. The predicted octanol–water partition coefficient (Wildman–Crippen LogP) is 6.62. The molecule has 0 saturated carbocycles.